The van der Waals surface area contributed by atoms with E-state index in [4.69, 9.17) is 15.3 Å². The van der Waals surface area contributed by atoms with Crippen LogP contribution >= 0.6 is 15.9 Å². The lowest BCUT2D eigenvalue weighted by Gasteiger charge is -2.11. The van der Waals surface area contributed by atoms with Crippen molar-refractivity contribution in [1.29, 1.82) is 0 Å². The van der Waals surface area contributed by atoms with Crippen LogP contribution in [0.25, 0.3) is 0 Å². The third kappa shape index (κ3) is 3.96. The van der Waals surface area contributed by atoms with E-state index < -0.39 is 51.5 Å². The molecule has 0 radical (unpaired) electrons. The lowest BCUT2D eigenvalue weighted by Crippen LogP contribution is -2.34. The van der Waals surface area contributed by atoms with Crippen LogP contribution in [0.15, 0.2) is 21.5 Å². The van der Waals surface area contributed by atoms with Crippen molar-refractivity contribution in [2.75, 3.05) is 13.2 Å². The molecule has 0 saturated carbocycles. The van der Waals surface area contributed by atoms with E-state index >= 15 is 0 Å². The third-order valence-corrected chi connectivity index (χ3v) is 4.12. The number of aromatic carboxylic acids is 1. The first-order chi connectivity index (χ1) is 9.19. The van der Waals surface area contributed by atoms with Crippen molar-refractivity contribution in [3.63, 3.8) is 0 Å². The van der Waals surface area contributed by atoms with Crippen molar-refractivity contribution in [1.82, 2.24) is 4.72 Å². The number of nitrogens with one attached hydrogen (secondary N) is 1. The zero-order valence-electron chi connectivity index (χ0n) is 9.88. The van der Waals surface area contributed by atoms with Gasteiger partial charge in [0.05, 0.1) is 18.3 Å². The van der Waals surface area contributed by atoms with E-state index in [1.165, 1.54) is 0 Å². The maximum absolute atomic E-state index is 13.9. The van der Waals surface area contributed by atoms with Crippen molar-refractivity contribution in [2.45, 2.75) is 11.0 Å². The average Bonchev–Trinajstić information content (AvgIpc) is 2.37. The molecular weight excluding hydrogens is 361 g/mol. The molecule has 10 heteroatoms. The van der Waals surface area contributed by atoms with Crippen LogP contribution in [0.1, 0.15) is 10.4 Å². The molecule has 1 aromatic rings. The molecule has 0 spiro atoms. The summed E-state index contributed by atoms with van der Waals surface area (Å²) >= 11 is 2.89. The van der Waals surface area contributed by atoms with Crippen molar-refractivity contribution >= 4 is 31.9 Å². The molecule has 0 aromatic heterocycles. The highest BCUT2D eigenvalue weighted by molar-refractivity contribution is 9.10. The number of aliphatic hydroxyl groups is 2. The summed E-state index contributed by atoms with van der Waals surface area (Å²) in [7, 11) is -4.36. The fourth-order valence-corrected chi connectivity index (χ4v) is 3.07. The van der Waals surface area contributed by atoms with E-state index in [-0.39, 0.29) is 4.47 Å². The number of sulfonamides is 1. The zero-order chi connectivity index (χ0) is 15.5. The van der Waals surface area contributed by atoms with Crippen LogP contribution in [0.2, 0.25) is 0 Å². The number of benzene rings is 1. The number of hydrogen-bond donors (Lipinski definition) is 4. The SMILES string of the molecule is O=C(O)c1cc(Br)cc(S(=O)(=O)NCC(O)CO)c1F. The minimum absolute atomic E-state index is 0.0689. The van der Waals surface area contributed by atoms with Crippen LogP contribution in [0.3, 0.4) is 0 Å². The molecule has 0 saturated heterocycles. The second kappa shape index (κ2) is 6.59. The maximum atomic E-state index is 13.9. The Labute approximate surface area is 122 Å². The molecule has 1 rings (SSSR count). The Morgan fingerprint density at radius 2 is 2.05 bits per heavy atom. The molecule has 0 aliphatic rings. The summed E-state index contributed by atoms with van der Waals surface area (Å²) in [5.74, 6) is -3.03. The van der Waals surface area contributed by atoms with Crippen LogP contribution in [0.5, 0.6) is 0 Å². The molecule has 0 heterocycles. The summed E-state index contributed by atoms with van der Waals surface area (Å²) in [5, 5.41) is 26.4. The van der Waals surface area contributed by atoms with Gasteiger partial charge in [-0.1, -0.05) is 15.9 Å². The normalized spacial score (nSPS) is 13.2. The van der Waals surface area contributed by atoms with Crippen molar-refractivity contribution in [3.8, 4) is 0 Å². The van der Waals surface area contributed by atoms with Crippen molar-refractivity contribution < 1.29 is 32.9 Å². The first-order valence-electron chi connectivity index (χ1n) is 5.20. The Balaban J connectivity index is 3.21. The zero-order valence-corrected chi connectivity index (χ0v) is 12.3. The number of rotatable bonds is 6. The third-order valence-electron chi connectivity index (χ3n) is 2.24. The topological polar surface area (TPSA) is 124 Å². The van der Waals surface area contributed by atoms with E-state index in [0.29, 0.717) is 0 Å². The van der Waals surface area contributed by atoms with Crippen LogP contribution in [-0.2, 0) is 10.0 Å². The van der Waals surface area contributed by atoms with Gasteiger partial charge in [-0.3, -0.25) is 0 Å². The van der Waals surface area contributed by atoms with E-state index in [2.05, 4.69) is 15.9 Å². The van der Waals surface area contributed by atoms with Gasteiger partial charge in [-0.2, -0.15) is 0 Å². The Morgan fingerprint density at radius 3 is 2.55 bits per heavy atom. The summed E-state index contributed by atoms with van der Waals surface area (Å²) in [6.07, 6.45) is -1.35. The Hall–Kier alpha value is -1.07. The average molecular weight is 372 g/mol. The second-order valence-corrected chi connectivity index (χ2v) is 6.41. The molecule has 0 aliphatic heterocycles. The van der Waals surface area contributed by atoms with Gasteiger partial charge >= 0.3 is 5.97 Å². The molecule has 7 nitrogen and oxygen atoms in total. The van der Waals surface area contributed by atoms with E-state index in [1.54, 1.807) is 0 Å². The van der Waals surface area contributed by atoms with Gasteiger partial charge in [0.1, 0.15) is 4.90 Å². The fourth-order valence-electron chi connectivity index (χ4n) is 1.26. The second-order valence-electron chi connectivity index (χ2n) is 3.76. The minimum Gasteiger partial charge on any atom is -0.478 e. The Morgan fingerprint density at radius 1 is 1.45 bits per heavy atom. The summed E-state index contributed by atoms with van der Waals surface area (Å²) < 4.78 is 39.5. The summed E-state index contributed by atoms with van der Waals surface area (Å²) in [6, 6.07) is 1.83. The first kappa shape index (κ1) is 17.0. The molecule has 112 valence electrons. The van der Waals surface area contributed by atoms with Gasteiger partial charge in [0.25, 0.3) is 0 Å². The van der Waals surface area contributed by atoms with Gasteiger partial charge in [0, 0.05) is 11.0 Å². The van der Waals surface area contributed by atoms with Gasteiger partial charge in [0.2, 0.25) is 10.0 Å². The molecule has 0 aliphatic carbocycles. The van der Waals surface area contributed by atoms with Gasteiger partial charge in [-0.05, 0) is 12.1 Å². The molecule has 0 fully saturated rings. The maximum Gasteiger partial charge on any atom is 0.338 e. The summed E-state index contributed by atoms with van der Waals surface area (Å²) in [5.41, 5.74) is -0.803. The van der Waals surface area contributed by atoms with Gasteiger partial charge in [-0.15, -0.1) is 0 Å². The van der Waals surface area contributed by atoms with Crippen LogP contribution in [0.4, 0.5) is 4.39 Å². The smallest absolute Gasteiger partial charge is 0.338 e. The van der Waals surface area contributed by atoms with Crippen molar-refractivity contribution in [3.05, 3.63) is 28.0 Å². The van der Waals surface area contributed by atoms with Crippen LogP contribution < -0.4 is 4.72 Å². The highest BCUT2D eigenvalue weighted by Crippen LogP contribution is 2.24. The van der Waals surface area contributed by atoms with E-state index in [0.717, 1.165) is 12.1 Å². The molecular formula is C10H11BrFNO6S. The van der Waals surface area contributed by atoms with Gasteiger partial charge < -0.3 is 15.3 Å². The lowest BCUT2D eigenvalue weighted by molar-refractivity contribution is 0.0691. The number of carboxylic acids is 1. The molecule has 1 atom stereocenters. The number of aliphatic hydroxyl groups excluding tert-OH is 2. The number of carbonyl (C=O) groups is 1. The minimum atomic E-state index is -4.36. The van der Waals surface area contributed by atoms with Crippen LogP contribution in [-0.4, -0.2) is 49.0 Å². The highest BCUT2D eigenvalue weighted by atomic mass is 79.9. The number of hydrogen-bond acceptors (Lipinski definition) is 5. The molecule has 0 bridgehead atoms. The molecule has 4 N–H and O–H groups in total. The van der Waals surface area contributed by atoms with Crippen molar-refractivity contribution in [2.24, 2.45) is 0 Å². The monoisotopic (exact) mass is 371 g/mol. The van der Waals surface area contributed by atoms with Crippen LogP contribution in [0, 0.1) is 5.82 Å². The Kier molecular flexibility index (Phi) is 5.59. The largest absolute Gasteiger partial charge is 0.478 e. The predicted molar refractivity (Wildman–Crippen MR) is 69.3 cm³/mol. The first-order valence-corrected chi connectivity index (χ1v) is 7.47. The fraction of sp³-hybridized carbons (Fsp3) is 0.300. The molecule has 1 aromatic carbocycles. The van der Waals surface area contributed by atoms with Gasteiger partial charge in [-0.25, -0.2) is 22.3 Å². The Bertz CT molecular complexity index is 620. The lowest BCUT2D eigenvalue weighted by atomic mass is 10.2. The quantitative estimate of drug-likeness (QED) is 0.554. The number of carboxylic acid groups (broad SMARTS) is 1. The van der Waals surface area contributed by atoms with Gasteiger partial charge in [0.15, 0.2) is 5.82 Å². The molecule has 0 amide bonds. The summed E-state index contributed by atoms with van der Waals surface area (Å²) in [4.78, 5) is 9.95. The standard InChI is InChI=1S/C10H11BrFNO6S/c11-5-1-7(10(16)17)9(12)8(2-5)20(18,19)13-3-6(15)4-14/h1-2,6,13-15H,3-4H2,(H,16,17). The van der Waals surface area contributed by atoms with E-state index in [9.17, 15) is 17.6 Å². The number of halogens is 2. The molecule has 20 heavy (non-hydrogen) atoms. The highest BCUT2D eigenvalue weighted by Gasteiger charge is 2.25. The summed E-state index contributed by atoms with van der Waals surface area (Å²) in [6.45, 7) is -1.21. The predicted octanol–water partition coefficient (Wildman–Crippen LogP) is -0.0821. The van der Waals surface area contributed by atoms with E-state index in [1.807, 2.05) is 4.72 Å². The molecule has 1 unspecified atom stereocenters.